The molecule has 0 aliphatic carbocycles. The molecule has 3 nitrogen and oxygen atoms in total. The minimum Gasteiger partial charge on any atom is -0.497 e. The van der Waals surface area contributed by atoms with Gasteiger partial charge < -0.3 is 15.2 Å². The Morgan fingerprint density at radius 2 is 2.40 bits per heavy atom. The van der Waals surface area contributed by atoms with E-state index in [1.807, 2.05) is 12.1 Å². The smallest absolute Gasteiger partial charge is 0.120 e. The molecule has 0 bridgehead atoms. The molecule has 1 aliphatic heterocycles. The largest absolute Gasteiger partial charge is 0.497 e. The summed E-state index contributed by atoms with van der Waals surface area (Å²) in [4.78, 5) is 0. The Morgan fingerprint density at radius 1 is 1.53 bits per heavy atom. The van der Waals surface area contributed by atoms with Crippen LogP contribution < -0.4 is 10.1 Å². The highest BCUT2D eigenvalue weighted by Gasteiger charge is 2.17. The maximum Gasteiger partial charge on any atom is 0.120 e. The lowest BCUT2D eigenvalue weighted by Gasteiger charge is -2.26. The number of hydrogen-bond donors (Lipinski definition) is 2. The van der Waals surface area contributed by atoms with Gasteiger partial charge >= 0.3 is 0 Å². The molecule has 1 aromatic rings. The first kappa shape index (κ1) is 10.3. The van der Waals surface area contributed by atoms with Gasteiger partial charge in [0.1, 0.15) is 5.75 Å². The van der Waals surface area contributed by atoms with Gasteiger partial charge in [-0.1, -0.05) is 6.07 Å². The molecule has 2 rings (SSSR count). The number of rotatable bonds is 3. The van der Waals surface area contributed by atoms with E-state index in [0.29, 0.717) is 5.92 Å². The lowest BCUT2D eigenvalue weighted by molar-refractivity contribution is 0.258. The van der Waals surface area contributed by atoms with Crippen LogP contribution in [0.1, 0.15) is 12.0 Å². The fraction of sp³-hybridized carbons (Fsp3) is 0.500. The van der Waals surface area contributed by atoms with Crippen LogP contribution in [0.15, 0.2) is 18.2 Å². The zero-order valence-corrected chi connectivity index (χ0v) is 8.99. The summed E-state index contributed by atoms with van der Waals surface area (Å²) in [6.45, 7) is 1.22. The van der Waals surface area contributed by atoms with Crippen LogP contribution in [0, 0.1) is 5.92 Å². The number of ether oxygens (including phenoxy) is 1. The average molecular weight is 207 g/mol. The van der Waals surface area contributed by atoms with Crippen LogP contribution in [-0.2, 0) is 6.42 Å². The normalized spacial score (nSPS) is 19.2. The van der Waals surface area contributed by atoms with Crippen LogP contribution in [0.25, 0.3) is 0 Å². The predicted molar refractivity (Wildman–Crippen MR) is 60.4 cm³/mol. The van der Waals surface area contributed by atoms with E-state index in [1.165, 1.54) is 11.3 Å². The summed E-state index contributed by atoms with van der Waals surface area (Å²) in [5.41, 5.74) is 2.49. The molecule has 1 heterocycles. The quantitative estimate of drug-likeness (QED) is 0.792. The monoisotopic (exact) mass is 207 g/mol. The number of anilines is 1. The number of hydrogen-bond acceptors (Lipinski definition) is 3. The van der Waals surface area contributed by atoms with Crippen LogP contribution in [-0.4, -0.2) is 25.4 Å². The van der Waals surface area contributed by atoms with Gasteiger partial charge in [0.05, 0.1) is 7.11 Å². The van der Waals surface area contributed by atoms with E-state index in [9.17, 15) is 0 Å². The van der Waals surface area contributed by atoms with E-state index < -0.39 is 0 Å². The van der Waals surface area contributed by atoms with Crippen LogP contribution >= 0.6 is 0 Å². The highest BCUT2D eigenvalue weighted by atomic mass is 16.5. The molecule has 1 aliphatic rings. The van der Waals surface area contributed by atoms with E-state index in [-0.39, 0.29) is 6.61 Å². The summed E-state index contributed by atoms with van der Waals surface area (Å²) < 4.78 is 5.17. The van der Waals surface area contributed by atoms with Crippen LogP contribution in [0.5, 0.6) is 5.75 Å². The topological polar surface area (TPSA) is 41.5 Å². The summed E-state index contributed by atoms with van der Waals surface area (Å²) in [6, 6.07) is 6.12. The van der Waals surface area contributed by atoms with Crippen molar-refractivity contribution in [1.82, 2.24) is 0 Å². The van der Waals surface area contributed by atoms with Crippen molar-refractivity contribution in [3.8, 4) is 5.75 Å². The second-order valence-corrected chi connectivity index (χ2v) is 3.99. The molecule has 0 fully saturated rings. The van der Waals surface area contributed by atoms with Crippen LogP contribution in [0.3, 0.4) is 0 Å². The summed E-state index contributed by atoms with van der Waals surface area (Å²) in [5, 5.41) is 12.3. The third kappa shape index (κ3) is 2.23. The average Bonchev–Trinajstić information content (AvgIpc) is 2.29. The molecule has 0 radical (unpaired) electrons. The molecule has 0 saturated carbocycles. The minimum atomic E-state index is 0.276. The molecular weight excluding hydrogens is 190 g/mol. The molecule has 1 aromatic carbocycles. The Labute approximate surface area is 90.1 Å². The lowest BCUT2D eigenvalue weighted by atomic mass is 9.92. The second kappa shape index (κ2) is 4.53. The molecule has 2 N–H and O–H groups in total. The number of benzene rings is 1. The van der Waals surface area contributed by atoms with Gasteiger partial charge in [-0.15, -0.1) is 0 Å². The first-order valence-corrected chi connectivity index (χ1v) is 5.35. The van der Waals surface area contributed by atoms with Crippen LogP contribution in [0.2, 0.25) is 0 Å². The van der Waals surface area contributed by atoms with Gasteiger partial charge in [0.25, 0.3) is 0 Å². The van der Waals surface area contributed by atoms with Gasteiger partial charge in [-0.2, -0.15) is 0 Å². The molecule has 1 atom stereocenters. The molecule has 0 amide bonds. The fourth-order valence-electron chi connectivity index (χ4n) is 2.05. The number of methoxy groups -OCH3 is 1. The number of fused-ring (bicyclic) bond motifs is 1. The third-order valence-electron chi connectivity index (χ3n) is 2.94. The molecule has 0 saturated heterocycles. The zero-order valence-electron chi connectivity index (χ0n) is 8.99. The first-order chi connectivity index (χ1) is 7.33. The van der Waals surface area contributed by atoms with Crippen molar-refractivity contribution in [3.05, 3.63) is 23.8 Å². The highest BCUT2D eigenvalue weighted by molar-refractivity contribution is 5.56. The summed E-state index contributed by atoms with van der Waals surface area (Å²) in [6.07, 6.45) is 1.92. The Bertz CT molecular complexity index is 338. The number of aliphatic hydroxyl groups excluding tert-OH is 1. The SMILES string of the molecule is COc1ccc2c(c1)NCC(CCO)C2. The lowest BCUT2D eigenvalue weighted by Crippen LogP contribution is -2.23. The van der Waals surface area contributed by atoms with Crippen molar-refractivity contribution >= 4 is 5.69 Å². The Morgan fingerprint density at radius 3 is 3.13 bits per heavy atom. The Kier molecular flexibility index (Phi) is 3.11. The second-order valence-electron chi connectivity index (χ2n) is 3.99. The summed E-state index contributed by atoms with van der Waals surface area (Å²) in [7, 11) is 1.68. The van der Waals surface area contributed by atoms with Gasteiger partial charge in [0, 0.05) is 24.9 Å². The van der Waals surface area contributed by atoms with Crippen molar-refractivity contribution in [3.63, 3.8) is 0 Å². The van der Waals surface area contributed by atoms with E-state index in [1.54, 1.807) is 7.11 Å². The highest BCUT2D eigenvalue weighted by Crippen LogP contribution is 2.29. The zero-order chi connectivity index (χ0) is 10.7. The Hall–Kier alpha value is -1.22. The van der Waals surface area contributed by atoms with Gasteiger partial charge in [-0.3, -0.25) is 0 Å². The summed E-state index contributed by atoms with van der Waals surface area (Å²) in [5.74, 6) is 1.44. The van der Waals surface area contributed by atoms with E-state index in [4.69, 9.17) is 9.84 Å². The van der Waals surface area contributed by atoms with Gasteiger partial charge in [0.15, 0.2) is 0 Å². The van der Waals surface area contributed by atoms with Crippen molar-refractivity contribution in [2.24, 2.45) is 5.92 Å². The molecule has 1 unspecified atom stereocenters. The van der Waals surface area contributed by atoms with Gasteiger partial charge in [0.2, 0.25) is 0 Å². The predicted octanol–water partition coefficient (Wildman–Crippen LogP) is 1.66. The molecule has 15 heavy (non-hydrogen) atoms. The third-order valence-corrected chi connectivity index (χ3v) is 2.94. The summed E-state index contributed by atoms with van der Waals surface area (Å²) >= 11 is 0. The minimum absolute atomic E-state index is 0.276. The van der Waals surface area contributed by atoms with Crippen molar-refractivity contribution in [1.29, 1.82) is 0 Å². The first-order valence-electron chi connectivity index (χ1n) is 5.35. The fourth-order valence-corrected chi connectivity index (χ4v) is 2.05. The maximum atomic E-state index is 8.90. The molecule has 0 spiro atoms. The maximum absolute atomic E-state index is 8.90. The standard InChI is InChI=1S/C12H17NO2/c1-15-11-3-2-10-6-9(4-5-14)8-13-12(10)7-11/h2-3,7,9,13-14H,4-6,8H2,1H3. The molecule has 3 heteroatoms. The van der Waals surface area contributed by atoms with E-state index in [2.05, 4.69) is 11.4 Å². The Balaban J connectivity index is 2.13. The number of nitrogens with one attached hydrogen (secondary N) is 1. The van der Waals surface area contributed by atoms with Crippen LogP contribution in [0.4, 0.5) is 5.69 Å². The van der Waals surface area contributed by atoms with Gasteiger partial charge in [-0.25, -0.2) is 0 Å². The van der Waals surface area contributed by atoms with Crippen molar-refractivity contribution < 1.29 is 9.84 Å². The molecule has 82 valence electrons. The molecular formula is C12H17NO2. The van der Waals surface area contributed by atoms with E-state index >= 15 is 0 Å². The van der Waals surface area contributed by atoms with Crippen molar-refractivity contribution in [2.45, 2.75) is 12.8 Å². The number of aliphatic hydroxyl groups is 1. The van der Waals surface area contributed by atoms with Crippen molar-refractivity contribution in [2.75, 3.05) is 25.6 Å². The van der Waals surface area contributed by atoms with E-state index in [0.717, 1.165) is 25.1 Å². The molecule has 0 aromatic heterocycles. The van der Waals surface area contributed by atoms with Gasteiger partial charge in [-0.05, 0) is 30.4 Å².